The van der Waals surface area contributed by atoms with Crippen molar-refractivity contribution in [1.82, 2.24) is 5.32 Å². The zero-order chi connectivity index (χ0) is 12.1. The minimum Gasteiger partial charge on any atom is -0.376 e. The van der Waals surface area contributed by atoms with Crippen LogP contribution in [0, 0.1) is 0 Å². The molecule has 0 bridgehead atoms. The molecule has 1 fully saturated rings. The highest BCUT2D eigenvalue weighted by molar-refractivity contribution is 9.11. The zero-order valence-electron chi connectivity index (χ0n) is 9.95. The monoisotopic (exact) mass is 319 g/mol. The van der Waals surface area contributed by atoms with E-state index in [1.54, 1.807) is 11.3 Å². The van der Waals surface area contributed by atoms with Crippen molar-refractivity contribution in [3.05, 3.63) is 20.8 Å². The predicted molar refractivity (Wildman–Crippen MR) is 73.7 cm³/mol. The van der Waals surface area contributed by atoms with Crippen molar-refractivity contribution in [1.29, 1.82) is 0 Å². The van der Waals surface area contributed by atoms with Gasteiger partial charge < -0.3 is 14.8 Å². The van der Waals surface area contributed by atoms with Crippen LogP contribution in [0.2, 0.25) is 0 Å². The molecule has 1 aromatic rings. The molecule has 2 heterocycles. The average molecular weight is 320 g/mol. The van der Waals surface area contributed by atoms with E-state index in [0.29, 0.717) is 19.3 Å². The number of ether oxygens (including phenoxy) is 2. The van der Waals surface area contributed by atoms with Crippen LogP contribution in [-0.4, -0.2) is 38.5 Å². The molecule has 3 nitrogen and oxygen atoms in total. The Hall–Kier alpha value is 0.0600. The maximum atomic E-state index is 5.78. The molecule has 1 saturated heterocycles. The van der Waals surface area contributed by atoms with Crippen molar-refractivity contribution in [2.24, 2.45) is 0 Å². The molecule has 1 aliphatic heterocycles. The van der Waals surface area contributed by atoms with E-state index < -0.39 is 0 Å². The van der Waals surface area contributed by atoms with E-state index in [4.69, 9.17) is 9.47 Å². The summed E-state index contributed by atoms with van der Waals surface area (Å²) >= 11 is 5.29. The summed E-state index contributed by atoms with van der Waals surface area (Å²) in [6.45, 7) is 5.21. The van der Waals surface area contributed by atoms with Gasteiger partial charge in [-0.3, -0.25) is 0 Å². The molecule has 1 N–H and O–H groups in total. The van der Waals surface area contributed by atoms with Gasteiger partial charge in [-0.1, -0.05) is 6.92 Å². The molecule has 96 valence electrons. The molecule has 5 heteroatoms. The molecule has 2 atom stereocenters. The Morgan fingerprint density at radius 2 is 2.41 bits per heavy atom. The van der Waals surface area contributed by atoms with E-state index in [-0.39, 0.29) is 6.10 Å². The Kier molecular flexibility index (Phi) is 5.44. The van der Waals surface area contributed by atoms with Crippen LogP contribution < -0.4 is 5.32 Å². The Morgan fingerprint density at radius 3 is 3.00 bits per heavy atom. The van der Waals surface area contributed by atoms with Gasteiger partial charge in [0.2, 0.25) is 0 Å². The van der Waals surface area contributed by atoms with Crippen molar-refractivity contribution in [3.8, 4) is 0 Å². The number of nitrogens with one attached hydrogen (secondary N) is 1. The third-order valence-electron chi connectivity index (χ3n) is 2.81. The number of rotatable bonds is 5. The number of hydrogen-bond donors (Lipinski definition) is 1. The lowest BCUT2D eigenvalue weighted by Gasteiger charge is -2.30. The highest BCUT2D eigenvalue weighted by Crippen LogP contribution is 2.24. The molecule has 2 unspecified atom stereocenters. The molecule has 0 radical (unpaired) electrons. The minimum absolute atomic E-state index is 0.171. The predicted octanol–water partition coefficient (Wildman–Crippen LogP) is 2.45. The van der Waals surface area contributed by atoms with E-state index in [9.17, 15) is 0 Å². The quantitative estimate of drug-likeness (QED) is 0.904. The largest absolute Gasteiger partial charge is 0.376 e. The molecule has 1 aromatic heterocycles. The first kappa shape index (κ1) is 13.5. The summed E-state index contributed by atoms with van der Waals surface area (Å²) in [6.07, 6.45) is 1.17. The number of halogens is 1. The summed E-state index contributed by atoms with van der Waals surface area (Å²) in [5.74, 6) is 0. The molecule has 17 heavy (non-hydrogen) atoms. The van der Waals surface area contributed by atoms with Crippen LogP contribution in [0.1, 0.15) is 11.8 Å². The fourth-order valence-corrected chi connectivity index (χ4v) is 3.56. The molecule has 0 saturated carbocycles. The molecular formula is C12H18BrNO2S. The summed E-state index contributed by atoms with van der Waals surface area (Å²) in [5, 5.41) is 3.50. The van der Waals surface area contributed by atoms with Gasteiger partial charge in [-0.2, -0.15) is 0 Å². The highest BCUT2D eigenvalue weighted by atomic mass is 79.9. The lowest BCUT2D eigenvalue weighted by Crippen LogP contribution is -2.47. The van der Waals surface area contributed by atoms with Gasteiger partial charge in [0.05, 0.1) is 29.7 Å². The van der Waals surface area contributed by atoms with Gasteiger partial charge in [-0.05, 0) is 41.0 Å². The van der Waals surface area contributed by atoms with Crippen LogP contribution >= 0.6 is 27.3 Å². The molecule has 0 aliphatic carbocycles. The van der Waals surface area contributed by atoms with Crippen LogP contribution in [0.25, 0.3) is 0 Å². The Balaban J connectivity index is 1.95. The summed E-state index contributed by atoms with van der Waals surface area (Å²) in [7, 11) is 0. The van der Waals surface area contributed by atoms with Crippen molar-refractivity contribution in [2.75, 3.05) is 26.4 Å². The molecule has 0 aromatic carbocycles. The van der Waals surface area contributed by atoms with Crippen molar-refractivity contribution in [2.45, 2.75) is 25.5 Å². The smallest absolute Gasteiger partial charge is 0.0965 e. The van der Waals surface area contributed by atoms with E-state index in [2.05, 4.69) is 40.3 Å². The SMILES string of the molecule is CCNC(Cc1ccc(Br)s1)C1COCCO1. The molecular weight excluding hydrogens is 302 g/mol. The van der Waals surface area contributed by atoms with Gasteiger partial charge in [0.25, 0.3) is 0 Å². The van der Waals surface area contributed by atoms with Crippen molar-refractivity contribution < 1.29 is 9.47 Å². The zero-order valence-corrected chi connectivity index (χ0v) is 12.4. The van der Waals surface area contributed by atoms with Crippen LogP contribution in [0.4, 0.5) is 0 Å². The molecule has 0 amide bonds. The van der Waals surface area contributed by atoms with Gasteiger partial charge in [0.15, 0.2) is 0 Å². The first-order valence-corrected chi connectivity index (χ1v) is 7.57. The van der Waals surface area contributed by atoms with Crippen LogP contribution in [0.15, 0.2) is 15.9 Å². The highest BCUT2D eigenvalue weighted by Gasteiger charge is 2.25. The Labute approximate surface area is 115 Å². The van der Waals surface area contributed by atoms with Gasteiger partial charge in [0, 0.05) is 10.9 Å². The lowest BCUT2D eigenvalue weighted by atomic mass is 10.1. The Morgan fingerprint density at radius 1 is 1.53 bits per heavy atom. The van der Waals surface area contributed by atoms with E-state index in [0.717, 1.165) is 19.6 Å². The number of thiophene rings is 1. The first-order chi connectivity index (χ1) is 8.29. The summed E-state index contributed by atoms with van der Waals surface area (Å²) in [5.41, 5.74) is 0. The van der Waals surface area contributed by atoms with E-state index in [1.807, 2.05) is 0 Å². The second kappa shape index (κ2) is 6.85. The van der Waals surface area contributed by atoms with Gasteiger partial charge in [0.1, 0.15) is 0 Å². The minimum atomic E-state index is 0.171. The standard InChI is InChI=1S/C12H18BrNO2S/c1-2-14-10(11-8-15-5-6-16-11)7-9-3-4-12(13)17-9/h3-4,10-11,14H,2,5-8H2,1H3. The number of hydrogen-bond acceptors (Lipinski definition) is 4. The van der Waals surface area contributed by atoms with Crippen LogP contribution in [-0.2, 0) is 15.9 Å². The summed E-state index contributed by atoms with van der Waals surface area (Å²) in [4.78, 5) is 1.37. The van der Waals surface area contributed by atoms with E-state index >= 15 is 0 Å². The second-order valence-electron chi connectivity index (χ2n) is 4.06. The third kappa shape index (κ3) is 4.03. The fourth-order valence-electron chi connectivity index (χ4n) is 2.01. The lowest BCUT2D eigenvalue weighted by molar-refractivity contribution is -0.101. The topological polar surface area (TPSA) is 30.5 Å². The normalized spacial score (nSPS) is 22.6. The molecule has 1 aliphatic rings. The van der Waals surface area contributed by atoms with Crippen LogP contribution in [0.5, 0.6) is 0 Å². The third-order valence-corrected chi connectivity index (χ3v) is 4.45. The van der Waals surface area contributed by atoms with Gasteiger partial charge >= 0.3 is 0 Å². The maximum Gasteiger partial charge on any atom is 0.0965 e. The van der Waals surface area contributed by atoms with Gasteiger partial charge in [-0.25, -0.2) is 0 Å². The van der Waals surface area contributed by atoms with Crippen LogP contribution in [0.3, 0.4) is 0 Å². The first-order valence-electron chi connectivity index (χ1n) is 5.96. The Bertz CT molecular complexity index is 339. The average Bonchev–Trinajstić information content (AvgIpc) is 2.75. The maximum absolute atomic E-state index is 5.78. The molecule has 2 rings (SSSR count). The number of likely N-dealkylation sites (N-methyl/N-ethyl adjacent to an activating group) is 1. The van der Waals surface area contributed by atoms with Crippen molar-refractivity contribution in [3.63, 3.8) is 0 Å². The van der Waals surface area contributed by atoms with Crippen molar-refractivity contribution >= 4 is 27.3 Å². The van der Waals surface area contributed by atoms with E-state index in [1.165, 1.54) is 8.66 Å². The summed E-state index contributed by atoms with van der Waals surface area (Å²) < 4.78 is 12.4. The summed E-state index contributed by atoms with van der Waals surface area (Å²) in [6, 6.07) is 4.61. The molecule has 0 spiro atoms. The fraction of sp³-hybridized carbons (Fsp3) is 0.667. The van der Waals surface area contributed by atoms with Gasteiger partial charge in [-0.15, -0.1) is 11.3 Å². The second-order valence-corrected chi connectivity index (χ2v) is 6.61.